The maximum Gasteiger partial charge on any atom is 0.350 e. The van der Waals surface area contributed by atoms with E-state index in [0.717, 1.165) is 11.4 Å². The number of esters is 1. The number of carbonyl (C=O) groups is 1. The number of hydrogen-bond donors (Lipinski definition) is 1. The lowest BCUT2D eigenvalue weighted by molar-refractivity contribution is 0.0607. The monoisotopic (exact) mass is 233 g/mol. The average Bonchev–Trinajstić information content (AvgIpc) is 2.77. The van der Waals surface area contributed by atoms with Crippen molar-refractivity contribution in [2.24, 2.45) is 0 Å². The molecule has 0 saturated carbocycles. The Balaban J connectivity index is 2.22. The van der Waals surface area contributed by atoms with E-state index in [2.05, 4.69) is 5.32 Å². The van der Waals surface area contributed by atoms with Gasteiger partial charge in [0.05, 0.1) is 12.8 Å². The molecular formula is C12H11NO2S. The summed E-state index contributed by atoms with van der Waals surface area (Å²) >= 11 is 1.36. The molecule has 2 aromatic rings. The maximum atomic E-state index is 11.4. The highest BCUT2D eigenvalue weighted by atomic mass is 32.1. The van der Waals surface area contributed by atoms with Crippen molar-refractivity contribution in [2.75, 3.05) is 12.4 Å². The predicted molar refractivity (Wildman–Crippen MR) is 65.4 cm³/mol. The molecule has 3 nitrogen and oxygen atoms in total. The van der Waals surface area contributed by atoms with Crippen LogP contribution in [0.1, 0.15) is 9.67 Å². The van der Waals surface area contributed by atoms with Crippen LogP contribution < -0.4 is 5.32 Å². The lowest BCUT2D eigenvalue weighted by atomic mass is 10.3. The first-order valence-electron chi connectivity index (χ1n) is 4.79. The molecule has 0 unspecified atom stereocenters. The first kappa shape index (κ1) is 10.7. The summed E-state index contributed by atoms with van der Waals surface area (Å²) in [5, 5.41) is 5.04. The third-order valence-corrected chi connectivity index (χ3v) is 2.98. The third kappa shape index (κ3) is 2.23. The van der Waals surface area contributed by atoms with Crippen molar-refractivity contribution in [1.82, 2.24) is 0 Å². The summed E-state index contributed by atoms with van der Waals surface area (Å²) in [4.78, 5) is 12.0. The van der Waals surface area contributed by atoms with Gasteiger partial charge in [-0.25, -0.2) is 4.79 Å². The Morgan fingerprint density at radius 1 is 1.25 bits per heavy atom. The number of nitrogens with one attached hydrogen (secondary N) is 1. The van der Waals surface area contributed by atoms with Gasteiger partial charge in [-0.15, -0.1) is 11.3 Å². The highest BCUT2D eigenvalue weighted by Gasteiger charge is 2.13. The summed E-state index contributed by atoms with van der Waals surface area (Å²) in [6.45, 7) is 0. The van der Waals surface area contributed by atoms with Crippen LogP contribution in [-0.4, -0.2) is 13.1 Å². The summed E-state index contributed by atoms with van der Waals surface area (Å²) in [6, 6.07) is 11.6. The number of ether oxygens (including phenoxy) is 1. The molecule has 0 amide bonds. The van der Waals surface area contributed by atoms with E-state index in [4.69, 9.17) is 4.74 Å². The van der Waals surface area contributed by atoms with Crippen LogP contribution in [0.15, 0.2) is 41.8 Å². The zero-order valence-corrected chi connectivity index (χ0v) is 9.58. The Kier molecular flexibility index (Phi) is 3.22. The molecule has 1 aromatic carbocycles. The van der Waals surface area contributed by atoms with Gasteiger partial charge in [-0.1, -0.05) is 18.2 Å². The molecule has 0 aliphatic carbocycles. The Morgan fingerprint density at radius 3 is 2.69 bits per heavy atom. The number of hydrogen-bond acceptors (Lipinski definition) is 4. The highest BCUT2D eigenvalue weighted by molar-refractivity contribution is 7.12. The number of rotatable bonds is 3. The molecule has 0 fully saturated rings. The minimum absolute atomic E-state index is 0.312. The van der Waals surface area contributed by atoms with Crippen LogP contribution in [-0.2, 0) is 4.74 Å². The van der Waals surface area contributed by atoms with Crippen molar-refractivity contribution in [3.05, 3.63) is 46.7 Å². The van der Waals surface area contributed by atoms with E-state index in [1.807, 2.05) is 41.8 Å². The Bertz CT molecular complexity index is 479. The van der Waals surface area contributed by atoms with Crippen LogP contribution >= 0.6 is 11.3 Å². The molecule has 0 bridgehead atoms. The van der Waals surface area contributed by atoms with Crippen molar-refractivity contribution in [1.29, 1.82) is 0 Å². The highest BCUT2D eigenvalue weighted by Crippen LogP contribution is 2.26. The smallest absolute Gasteiger partial charge is 0.350 e. The van der Waals surface area contributed by atoms with E-state index in [9.17, 15) is 4.79 Å². The van der Waals surface area contributed by atoms with Crippen LogP contribution in [0.25, 0.3) is 0 Å². The second-order valence-electron chi connectivity index (χ2n) is 3.15. The van der Waals surface area contributed by atoms with Gasteiger partial charge in [0.15, 0.2) is 0 Å². The summed E-state index contributed by atoms with van der Waals surface area (Å²) in [5.41, 5.74) is 1.73. The summed E-state index contributed by atoms with van der Waals surface area (Å²) in [7, 11) is 1.38. The fourth-order valence-corrected chi connectivity index (χ4v) is 2.10. The summed E-state index contributed by atoms with van der Waals surface area (Å²) in [5.74, 6) is -0.312. The quantitative estimate of drug-likeness (QED) is 0.827. The van der Waals surface area contributed by atoms with Crippen LogP contribution in [0.2, 0.25) is 0 Å². The Labute approximate surface area is 97.7 Å². The topological polar surface area (TPSA) is 38.3 Å². The largest absolute Gasteiger partial charge is 0.465 e. The second kappa shape index (κ2) is 4.81. The van der Waals surface area contributed by atoms with E-state index in [1.54, 1.807) is 0 Å². The zero-order chi connectivity index (χ0) is 11.4. The minimum Gasteiger partial charge on any atom is -0.465 e. The molecule has 0 saturated heterocycles. The number of anilines is 2. The number of thiophene rings is 1. The van der Waals surface area contributed by atoms with Crippen LogP contribution in [0.5, 0.6) is 0 Å². The maximum absolute atomic E-state index is 11.4. The lowest BCUT2D eigenvalue weighted by Crippen LogP contribution is -2.01. The molecule has 1 heterocycles. The molecule has 0 atom stereocenters. The molecule has 1 aromatic heterocycles. The fraction of sp³-hybridized carbons (Fsp3) is 0.0833. The molecule has 16 heavy (non-hydrogen) atoms. The Hall–Kier alpha value is -1.81. The zero-order valence-electron chi connectivity index (χ0n) is 8.77. The molecule has 0 aliphatic heterocycles. The standard InChI is InChI=1S/C12H11NO2S/c1-15-12(14)11-10(7-8-16-11)13-9-5-3-2-4-6-9/h2-8,13H,1H3. The van der Waals surface area contributed by atoms with Gasteiger partial charge in [-0.05, 0) is 23.6 Å². The molecular weight excluding hydrogens is 222 g/mol. The van der Waals surface area contributed by atoms with E-state index >= 15 is 0 Å². The third-order valence-electron chi connectivity index (χ3n) is 2.09. The van der Waals surface area contributed by atoms with Crippen LogP contribution in [0, 0.1) is 0 Å². The lowest BCUT2D eigenvalue weighted by Gasteiger charge is -2.05. The molecule has 4 heteroatoms. The summed E-state index contributed by atoms with van der Waals surface area (Å²) < 4.78 is 4.70. The van der Waals surface area contributed by atoms with Gasteiger partial charge in [0, 0.05) is 5.69 Å². The van der Waals surface area contributed by atoms with Crippen molar-refractivity contribution in [3.8, 4) is 0 Å². The van der Waals surface area contributed by atoms with E-state index in [0.29, 0.717) is 4.88 Å². The van der Waals surface area contributed by atoms with Gasteiger partial charge in [-0.3, -0.25) is 0 Å². The van der Waals surface area contributed by atoms with Crippen molar-refractivity contribution < 1.29 is 9.53 Å². The van der Waals surface area contributed by atoms with Gasteiger partial charge >= 0.3 is 5.97 Å². The van der Waals surface area contributed by atoms with E-state index < -0.39 is 0 Å². The molecule has 2 rings (SSSR count). The number of para-hydroxylation sites is 1. The second-order valence-corrected chi connectivity index (χ2v) is 4.06. The van der Waals surface area contributed by atoms with E-state index in [-0.39, 0.29) is 5.97 Å². The van der Waals surface area contributed by atoms with Crippen molar-refractivity contribution in [2.45, 2.75) is 0 Å². The Morgan fingerprint density at radius 2 is 2.00 bits per heavy atom. The minimum atomic E-state index is -0.312. The number of benzene rings is 1. The molecule has 82 valence electrons. The van der Waals surface area contributed by atoms with Crippen LogP contribution in [0.3, 0.4) is 0 Å². The average molecular weight is 233 g/mol. The summed E-state index contributed by atoms with van der Waals surface area (Å²) in [6.07, 6.45) is 0. The predicted octanol–water partition coefficient (Wildman–Crippen LogP) is 3.28. The van der Waals surface area contributed by atoms with Gasteiger partial charge in [0.25, 0.3) is 0 Å². The number of methoxy groups -OCH3 is 1. The van der Waals surface area contributed by atoms with Gasteiger partial charge in [-0.2, -0.15) is 0 Å². The molecule has 0 radical (unpaired) electrons. The van der Waals surface area contributed by atoms with Gasteiger partial charge < -0.3 is 10.1 Å². The van der Waals surface area contributed by atoms with Gasteiger partial charge in [0.2, 0.25) is 0 Å². The molecule has 1 N–H and O–H groups in total. The molecule has 0 spiro atoms. The first-order valence-corrected chi connectivity index (χ1v) is 5.67. The molecule has 0 aliphatic rings. The normalized spacial score (nSPS) is 9.81. The SMILES string of the molecule is COC(=O)c1sccc1Nc1ccccc1. The fourth-order valence-electron chi connectivity index (χ4n) is 1.34. The number of carbonyl (C=O) groups excluding carboxylic acids is 1. The van der Waals surface area contributed by atoms with Crippen molar-refractivity contribution >= 4 is 28.7 Å². The first-order chi connectivity index (χ1) is 7.81. The van der Waals surface area contributed by atoms with Gasteiger partial charge in [0.1, 0.15) is 4.88 Å². The van der Waals surface area contributed by atoms with Crippen molar-refractivity contribution in [3.63, 3.8) is 0 Å². The van der Waals surface area contributed by atoms with E-state index in [1.165, 1.54) is 18.4 Å². The van der Waals surface area contributed by atoms with Crippen LogP contribution in [0.4, 0.5) is 11.4 Å².